The van der Waals surface area contributed by atoms with Crippen LogP contribution in [0, 0.1) is 6.92 Å². The highest BCUT2D eigenvalue weighted by molar-refractivity contribution is 7.99. The summed E-state index contributed by atoms with van der Waals surface area (Å²) in [4.78, 5) is 20.8. The standard InChI is InChI=1S/C19H26N2O2S/c1-14-7-9-16(10-8-14)17-11-13-21(23-17)18-6-4-5-12-20(18)19(22)15(2)24-3/h7-11,15,18H,4-6,12-13H2,1-3H3. The van der Waals surface area contributed by atoms with Crippen LogP contribution in [0.2, 0.25) is 0 Å². The van der Waals surface area contributed by atoms with Gasteiger partial charge >= 0.3 is 0 Å². The topological polar surface area (TPSA) is 32.8 Å². The van der Waals surface area contributed by atoms with Gasteiger partial charge in [0.1, 0.15) is 6.17 Å². The molecule has 3 rings (SSSR count). The number of hydrogen-bond acceptors (Lipinski definition) is 4. The summed E-state index contributed by atoms with van der Waals surface area (Å²) in [5.74, 6) is 1.12. The van der Waals surface area contributed by atoms with Gasteiger partial charge in [0.25, 0.3) is 0 Å². The van der Waals surface area contributed by atoms with Crippen molar-refractivity contribution in [1.82, 2.24) is 9.96 Å². The Balaban J connectivity index is 1.69. The maximum absolute atomic E-state index is 12.7. The summed E-state index contributed by atoms with van der Waals surface area (Å²) in [7, 11) is 0. The van der Waals surface area contributed by atoms with Gasteiger partial charge in [-0.3, -0.25) is 4.79 Å². The van der Waals surface area contributed by atoms with Crippen molar-refractivity contribution in [3.05, 3.63) is 41.5 Å². The number of benzene rings is 1. The van der Waals surface area contributed by atoms with E-state index in [-0.39, 0.29) is 17.3 Å². The van der Waals surface area contributed by atoms with Crippen molar-refractivity contribution >= 4 is 23.4 Å². The zero-order valence-corrected chi connectivity index (χ0v) is 15.5. The molecular formula is C19H26N2O2S. The largest absolute Gasteiger partial charge is 0.403 e. The van der Waals surface area contributed by atoms with Gasteiger partial charge in [-0.15, -0.1) is 5.06 Å². The van der Waals surface area contributed by atoms with E-state index in [2.05, 4.69) is 37.3 Å². The average molecular weight is 346 g/mol. The molecule has 0 aliphatic carbocycles. The molecule has 1 fully saturated rings. The molecule has 0 N–H and O–H groups in total. The molecule has 0 bridgehead atoms. The molecule has 130 valence electrons. The fraction of sp³-hybridized carbons (Fsp3) is 0.526. The number of amides is 1. The van der Waals surface area contributed by atoms with E-state index in [1.165, 1.54) is 5.56 Å². The summed E-state index contributed by atoms with van der Waals surface area (Å²) in [6.07, 6.45) is 7.34. The van der Waals surface area contributed by atoms with Crippen LogP contribution in [0.4, 0.5) is 0 Å². The zero-order valence-electron chi connectivity index (χ0n) is 14.7. The summed E-state index contributed by atoms with van der Waals surface area (Å²) < 4.78 is 0. The summed E-state index contributed by atoms with van der Waals surface area (Å²) in [5, 5.41) is 1.97. The monoisotopic (exact) mass is 346 g/mol. The molecule has 0 radical (unpaired) electrons. The number of aryl methyl sites for hydroxylation is 1. The molecule has 2 unspecified atom stereocenters. The number of nitrogens with zero attached hydrogens (tertiary/aromatic N) is 2. The minimum Gasteiger partial charge on any atom is -0.403 e. The van der Waals surface area contributed by atoms with Crippen LogP contribution >= 0.6 is 11.8 Å². The van der Waals surface area contributed by atoms with Crippen LogP contribution in [0.5, 0.6) is 0 Å². The van der Waals surface area contributed by atoms with Crippen molar-refractivity contribution in [3.8, 4) is 0 Å². The molecule has 2 heterocycles. The van der Waals surface area contributed by atoms with Gasteiger partial charge < -0.3 is 9.74 Å². The summed E-state index contributed by atoms with van der Waals surface area (Å²) in [6.45, 7) is 5.62. The Hall–Kier alpha value is -1.46. The number of likely N-dealkylation sites (tertiary alicyclic amines) is 1. The maximum Gasteiger partial charge on any atom is 0.236 e. The van der Waals surface area contributed by atoms with Crippen LogP contribution in [-0.2, 0) is 9.63 Å². The summed E-state index contributed by atoms with van der Waals surface area (Å²) in [5.41, 5.74) is 2.33. The smallest absolute Gasteiger partial charge is 0.236 e. The van der Waals surface area contributed by atoms with E-state index in [0.717, 1.165) is 43.7 Å². The molecule has 0 saturated carbocycles. The third kappa shape index (κ3) is 3.62. The molecule has 2 atom stereocenters. The Labute approximate surface area is 148 Å². The van der Waals surface area contributed by atoms with Crippen molar-refractivity contribution in [2.45, 2.75) is 44.5 Å². The molecule has 1 amide bonds. The lowest BCUT2D eigenvalue weighted by atomic mass is 10.1. The van der Waals surface area contributed by atoms with Crippen molar-refractivity contribution in [3.63, 3.8) is 0 Å². The quantitative estimate of drug-likeness (QED) is 0.833. The zero-order chi connectivity index (χ0) is 17.1. The first-order chi connectivity index (χ1) is 11.6. The fourth-order valence-electron chi connectivity index (χ4n) is 3.25. The molecule has 0 aromatic heterocycles. The molecule has 1 saturated heterocycles. The molecule has 2 aliphatic rings. The lowest BCUT2D eigenvalue weighted by Gasteiger charge is -2.40. The highest BCUT2D eigenvalue weighted by Crippen LogP contribution is 2.30. The van der Waals surface area contributed by atoms with Crippen molar-refractivity contribution in [1.29, 1.82) is 0 Å². The number of thioether (sulfide) groups is 1. The van der Waals surface area contributed by atoms with E-state index in [1.807, 2.05) is 23.1 Å². The Morgan fingerprint density at radius 3 is 2.75 bits per heavy atom. The van der Waals surface area contributed by atoms with E-state index in [4.69, 9.17) is 4.84 Å². The average Bonchev–Trinajstić information content (AvgIpc) is 3.11. The second-order valence-corrected chi connectivity index (χ2v) is 7.69. The third-order valence-corrected chi connectivity index (χ3v) is 5.70. The Morgan fingerprint density at radius 2 is 2.04 bits per heavy atom. The molecule has 4 nitrogen and oxygen atoms in total. The number of piperidine rings is 1. The number of carbonyl (C=O) groups excluding carboxylic acids is 1. The lowest BCUT2D eigenvalue weighted by molar-refractivity contribution is -0.173. The predicted molar refractivity (Wildman–Crippen MR) is 99.3 cm³/mol. The van der Waals surface area contributed by atoms with Crippen LogP contribution in [0.1, 0.15) is 37.3 Å². The van der Waals surface area contributed by atoms with E-state index in [1.54, 1.807) is 11.8 Å². The van der Waals surface area contributed by atoms with E-state index in [9.17, 15) is 4.79 Å². The summed E-state index contributed by atoms with van der Waals surface area (Å²) >= 11 is 1.61. The van der Waals surface area contributed by atoms with Crippen LogP contribution < -0.4 is 0 Å². The minimum atomic E-state index is -0.00210. The van der Waals surface area contributed by atoms with Gasteiger partial charge in [-0.05, 0) is 45.4 Å². The van der Waals surface area contributed by atoms with Gasteiger partial charge in [0.2, 0.25) is 5.91 Å². The number of rotatable bonds is 4. The van der Waals surface area contributed by atoms with Crippen LogP contribution in [0.25, 0.3) is 5.76 Å². The predicted octanol–water partition coefficient (Wildman–Crippen LogP) is 3.67. The van der Waals surface area contributed by atoms with E-state index >= 15 is 0 Å². The van der Waals surface area contributed by atoms with E-state index < -0.39 is 0 Å². The molecule has 5 heteroatoms. The number of carbonyl (C=O) groups is 1. The molecule has 1 aromatic carbocycles. The molecule has 2 aliphatic heterocycles. The van der Waals surface area contributed by atoms with Crippen LogP contribution in [0.3, 0.4) is 0 Å². The van der Waals surface area contributed by atoms with Gasteiger partial charge in [-0.2, -0.15) is 11.8 Å². The second kappa shape index (κ2) is 7.62. The van der Waals surface area contributed by atoms with Gasteiger partial charge in [-0.25, -0.2) is 0 Å². The van der Waals surface area contributed by atoms with Gasteiger partial charge in [0.05, 0.1) is 11.8 Å². The van der Waals surface area contributed by atoms with Crippen molar-refractivity contribution in [2.24, 2.45) is 0 Å². The Kier molecular flexibility index (Phi) is 5.51. The maximum atomic E-state index is 12.7. The van der Waals surface area contributed by atoms with Gasteiger partial charge in [0.15, 0.2) is 5.76 Å². The third-order valence-electron chi connectivity index (χ3n) is 4.80. The first kappa shape index (κ1) is 17.4. The van der Waals surface area contributed by atoms with Crippen LogP contribution in [0.15, 0.2) is 30.3 Å². The first-order valence-electron chi connectivity index (χ1n) is 8.65. The van der Waals surface area contributed by atoms with Crippen molar-refractivity contribution in [2.75, 3.05) is 19.3 Å². The Bertz CT molecular complexity index is 614. The molecular weight excluding hydrogens is 320 g/mol. The number of hydroxylamine groups is 2. The van der Waals surface area contributed by atoms with Gasteiger partial charge in [0, 0.05) is 12.1 Å². The van der Waals surface area contributed by atoms with Crippen LogP contribution in [-0.4, -0.2) is 46.6 Å². The number of hydrogen-bond donors (Lipinski definition) is 0. The summed E-state index contributed by atoms with van der Waals surface area (Å²) in [6, 6.07) is 8.37. The lowest BCUT2D eigenvalue weighted by Crippen LogP contribution is -2.54. The Morgan fingerprint density at radius 1 is 1.29 bits per heavy atom. The minimum absolute atomic E-state index is 0.00210. The first-order valence-corrected chi connectivity index (χ1v) is 9.94. The fourth-order valence-corrected chi connectivity index (χ4v) is 3.59. The molecule has 0 spiro atoms. The normalized spacial score (nSPS) is 22.9. The highest BCUT2D eigenvalue weighted by Gasteiger charge is 2.36. The van der Waals surface area contributed by atoms with E-state index in [0.29, 0.717) is 0 Å². The highest BCUT2D eigenvalue weighted by atomic mass is 32.2. The van der Waals surface area contributed by atoms with Gasteiger partial charge in [-0.1, -0.05) is 29.8 Å². The SMILES string of the molecule is CSC(C)C(=O)N1CCCCC1N1CC=C(c2ccc(C)cc2)O1. The molecule has 24 heavy (non-hydrogen) atoms. The molecule has 1 aromatic rings. The van der Waals surface area contributed by atoms with Crippen molar-refractivity contribution < 1.29 is 9.63 Å². The second-order valence-electron chi connectivity index (χ2n) is 6.51.